The van der Waals surface area contributed by atoms with Crippen LogP contribution in [-0.4, -0.2) is 35.6 Å². The Kier molecular flexibility index (Phi) is 6.14. The lowest BCUT2D eigenvalue weighted by molar-refractivity contribution is 0.112. The molecule has 2 aromatic carbocycles. The zero-order valence-corrected chi connectivity index (χ0v) is 15.6. The number of hydrogen-bond donors (Lipinski definition) is 1. The van der Waals surface area contributed by atoms with E-state index in [4.69, 9.17) is 14.6 Å². The highest BCUT2D eigenvalue weighted by molar-refractivity contribution is 5.88. The van der Waals surface area contributed by atoms with Gasteiger partial charge < -0.3 is 14.6 Å². The van der Waals surface area contributed by atoms with E-state index >= 15 is 0 Å². The van der Waals surface area contributed by atoms with Gasteiger partial charge in [0, 0.05) is 16.3 Å². The van der Waals surface area contributed by atoms with Crippen LogP contribution in [0, 0.1) is 0 Å². The van der Waals surface area contributed by atoms with Crippen LogP contribution in [0.2, 0.25) is 0 Å². The van der Waals surface area contributed by atoms with Gasteiger partial charge in [-0.3, -0.25) is 4.79 Å². The summed E-state index contributed by atoms with van der Waals surface area (Å²) < 4.78 is 10.1. The zero-order valence-electron chi connectivity index (χ0n) is 15.6. The smallest absolute Gasteiger partial charge is 0.224 e. The SMILES string of the molecule is COc1nc2ccccc2cc1C=O.COc1nc2ccccc2cc1CO. The van der Waals surface area contributed by atoms with Crippen LogP contribution in [0.4, 0.5) is 0 Å². The molecule has 0 bridgehead atoms. The van der Waals surface area contributed by atoms with Gasteiger partial charge in [-0.15, -0.1) is 0 Å². The van der Waals surface area contributed by atoms with Crippen LogP contribution in [0.3, 0.4) is 0 Å². The van der Waals surface area contributed by atoms with E-state index in [1.54, 1.807) is 13.2 Å². The van der Waals surface area contributed by atoms with Crippen LogP contribution in [-0.2, 0) is 6.61 Å². The van der Waals surface area contributed by atoms with Gasteiger partial charge in [0.2, 0.25) is 11.8 Å². The van der Waals surface area contributed by atoms with Gasteiger partial charge in [-0.2, -0.15) is 0 Å². The fourth-order valence-corrected chi connectivity index (χ4v) is 2.79. The number of aliphatic hydroxyl groups is 1. The van der Waals surface area contributed by atoms with Crippen molar-refractivity contribution in [2.75, 3.05) is 14.2 Å². The topological polar surface area (TPSA) is 81.5 Å². The average molecular weight is 376 g/mol. The first-order chi connectivity index (χ1) is 13.7. The molecule has 2 aromatic heterocycles. The molecule has 4 aromatic rings. The summed E-state index contributed by atoms with van der Waals surface area (Å²) in [6.45, 7) is -0.0546. The van der Waals surface area contributed by atoms with E-state index in [2.05, 4.69) is 9.97 Å². The molecule has 0 aliphatic carbocycles. The standard InChI is InChI=1S/C11H11NO2.C11H9NO2/c2*1-14-11-9(7-13)6-8-4-2-3-5-10(8)12-11/h2-6,13H,7H2,1H3;2-7H,1H3. The van der Waals surface area contributed by atoms with Crippen LogP contribution in [0.25, 0.3) is 21.8 Å². The van der Waals surface area contributed by atoms with Crippen molar-refractivity contribution in [2.45, 2.75) is 6.61 Å². The molecule has 0 aliphatic rings. The Morgan fingerprint density at radius 1 is 0.857 bits per heavy atom. The summed E-state index contributed by atoms with van der Waals surface area (Å²) >= 11 is 0. The Morgan fingerprint density at radius 3 is 1.93 bits per heavy atom. The van der Waals surface area contributed by atoms with Gasteiger partial charge >= 0.3 is 0 Å². The van der Waals surface area contributed by atoms with Gasteiger partial charge in [0.05, 0.1) is 37.4 Å². The first-order valence-electron chi connectivity index (χ1n) is 8.62. The maximum atomic E-state index is 10.7. The van der Waals surface area contributed by atoms with Gasteiger partial charge in [0.1, 0.15) is 0 Å². The second-order valence-corrected chi connectivity index (χ2v) is 5.91. The van der Waals surface area contributed by atoms with Crippen LogP contribution >= 0.6 is 0 Å². The van der Waals surface area contributed by atoms with Crippen molar-refractivity contribution >= 4 is 28.1 Å². The van der Waals surface area contributed by atoms with Crippen molar-refractivity contribution in [2.24, 2.45) is 0 Å². The molecule has 28 heavy (non-hydrogen) atoms. The number of aliphatic hydroxyl groups excluding tert-OH is 1. The maximum Gasteiger partial charge on any atom is 0.224 e. The summed E-state index contributed by atoms with van der Waals surface area (Å²) in [5.41, 5.74) is 2.90. The Balaban J connectivity index is 0.000000161. The van der Waals surface area contributed by atoms with Crippen LogP contribution < -0.4 is 9.47 Å². The minimum atomic E-state index is -0.0546. The fraction of sp³-hybridized carbons (Fsp3) is 0.136. The molecule has 6 heteroatoms. The fourth-order valence-electron chi connectivity index (χ4n) is 2.79. The molecule has 0 fully saturated rings. The number of rotatable bonds is 4. The van der Waals surface area contributed by atoms with Gasteiger partial charge in [-0.05, 0) is 24.3 Å². The van der Waals surface area contributed by atoms with E-state index in [-0.39, 0.29) is 6.61 Å². The number of benzene rings is 2. The number of nitrogens with zero attached hydrogens (tertiary/aromatic N) is 2. The summed E-state index contributed by atoms with van der Waals surface area (Å²) in [6.07, 6.45) is 0.748. The summed E-state index contributed by atoms with van der Waals surface area (Å²) in [7, 11) is 3.06. The molecule has 2 heterocycles. The second-order valence-electron chi connectivity index (χ2n) is 5.91. The zero-order chi connectivity index (χ0) is 19.9. The third kappa shape index (κ3) is 4.07. The Morgan fingerprint density at radius 2 is 1.39 bits per heavy atom. The number of para-hydroxylation sites is 2. The van der Waals surface area contributed by atoms with Crippen molar-refractivity contribution in [1.82, 2.24) is 9.97 Å². The predicted molar refractivity (Wildman–Crippen MR) is 108 cm³/mol. The molecular weight excluding hydrogens is 356 g/mol. The van der Waals surface area contributed by atoms with Crippen molar-refractivity contribution in [3.8, 4) is 11.8 Å². The molecule has 0 spiro atoms. The second kappa shape index (κ2) is 8.92. The highest BCUT2D eigenvalue weighted by atomic mass is 16.5. The minimum absolute atomic E-state index is 0.0546. The van der Waals surface area contributed by atoms with E-state index in [1.807, 2.05) is 54.6 Å². The Labute approximate surface area is 162 Å². The van der Waals surface area contributed by atoms with Gasteiger partial charge in [0.25, 0.3) is 0 Å². The molecule has 142 valence electrons. The summed E-state index contributed by atoms with van der Waals surface area (Å²) in [5, 5.41) is 11.0. The quantitative estimate of drug-likeness (QED) is 0.546. The van der Waals surface area contributed by atoms with Crippen LogP contribution in [0.15, 0.2) is 60.7 Å². The minimum Gasteiger partial charge on any atom is -0.481 e. The molecular formula is C22H20N2O4. The number of aldehydes is 1. The van der Waals surface area contributed by atoms with E-state index in [1.165, 1.54) is 7.11 Å². The molecule has 0 amide bonds. The lowest BCUT2D eigenvalue weighted by atomic mass is 10.1. The highest BCUT2D eigenvalue weighted by Crippen LogP contribution is 2.22. The van der Waals surface area contributed by atoms with Crippen molar-refractivity contribution in [3.63, 3.8) is 0 Å². The van der Waals surface area contributed by atoms with Crippen LogP contribution in [0.1, 0.15) is 15.9 Å². The highest BCUT2D eigenvalue weighted by Gasteiger charge is 2.06. The van der Waals surface area contributed by atoms with E-state index in [0.29, 0.717) is 22.9 Å². The normalized spacial score (nSPS) is 10.2. The number of hydrogen-bond acceptors (Lipinski definition) is 6. The molecule has 0 saturated heterocycles. The van der Waals surface area contributed by atoms with Crippen molar-refractivity contribution in [1.29, 1.82) is 0 Å². The number of fused-ring (bicyclic) bond motifs is 2. The molecule has 1 N–H and O–H groups in total. The van der Waals surface area contributed by atoms with Crippen molar-refractivity contribution < 1.29 is 19.4 Å². The van der Waals surface area contributed by atoms with E-state index < -0.39 is 0 Å². The molecule has 4 rings (SSSR count). The number of pyridine rings is 2. The number of aromatic nitrogens is 2. The maximum absolute atomic E-state index is 10.7. The predicted octanol–water partition coefficient (Wildman–Crippen LogP) is 3.79. The van der Waals surface area contributed by atoms with Gasteiger partial charge in [-0.25, -0.2) is 9.97 Å². The average Bonchev–Trinajstić information content (AvgIpc) is 2.77. The van der Waals surface area contributed by atoms with Gasteiger partial charge in [0.15, 0.2) is 6.29 Å². The number of methoxy groups -OCH3 is 2. The number of ether oxygens (including phenoxy) is 2. The third-order valence-corrected chi connectivity index (χ3v) is 4.16. The largest absolute Gasteiger partial charge is 0.481 e. The Bertz CT molecular complexity index is 1070. The third-order valence-electron chi connectivity index (χ3n) is 4.16. The lowest BCUT2D eigenvalue weighted by Gasteiger charge is -2.06. The van der Waals surface area contributed by atoms with E-state index in [9.17, 15) is 4.79 Å². The molecule has 0 aliphatic heterocycles. The molecule has 0 saturated carbocycles. The summed E-state index contributed by atoms with van der Waals surface area (Å²) in [5.74, 6) is 0.866. The molecule has 0 unspecified atom stereocenters. The molecule has 6 nitrogen and oxygen atoms in total. The van der Waals surface area contributed by atoms with Crippen molar-refractivity contribution in [3.05, 3.63) is 71.8 Å². The summed E-state index contributed by atoms with van der Waals surface area (Å²) in [4.78, 5) is 19.2. The number of carbonyl (C=O) groups excluding carboxylic acids is 1. The van der Waals surface area contributed by atoms with Gasteiger partial charge in [-0.1, -0.05) is 36.4 Å². The first kappa shape index (κ1) is 19.3. The number of carbonyl (C=O) groups is 1. The Hall–Kier alpha value is -3.51. The lowest BCUT2D eigenvalue weighted by Crippen LogP contribution is -1.95. The van der Waals surface area contributed by atoms with E-state index in [0.717, 1.165) is 28.1 Å². The van der Waals surface area contributed by atoms with Crippen LogP contribution in [0.5, 0.6) is 11.8 Å². The summed E-state index contributed by atoms with van der Waals surface area (Å²) in [6, 6.07) is 19.0. The first-order valence-corrected chi connectivity index (χ1v) is 8.62. The molecule has 0 radical (unpaired) electrons. The monoisotopic (exact) mass is 376 g/mol. The molecule has 0 atom stereocenters.